The molecule has 0 unspecified atom stereocenters. The van der Waals surface area contributed by atoms with Crippen LogP contribution in [0.25, 0.3) is 0 Å². The van der Waals surface area contributed by atoms with Crippen molar-refractivity contribution >= 4 is 17.2 Å². The van der Waals surface area contributed by atoms with Crippen molar-refractivity contribution in [1.82, 2.24) is 0 Å². The number of phenolic OH excluding ortho intramolecular Hbond substituents is 1. The molecule has 19 heavy (non-hydrogen) atoms. The van der Waals surface area contributed by atoms with Crippen LogP contribution in [0.5, 0.6) is 5.75 Å². The zero-order valence-corrected chi connectivity index (χ0v) is 10.7. The Labute approximate surface area is 112 Å². The minimum Gasteiger partial charge on any atom is -0.506 e. The quantitative estimate of drug-likeness (QED) is 0.666. The van der Waals surface area contributed by atoms with Crippen molar-refractivity contribution in [2.75, 3.05) is 0 Å². The summed E-state index contributed by atoms with van der Waals surface area (Å²) in [5.41, 5.74) is 1.84. The summed E-state index contributed by atoms with van der Waals surface area (Å²) in [7, 11) is 0. The Kier molecular flexibility index (Phi) is 4.08. The van der Waals surface area contributed by atoms with E-state index in [1.807, 2.05) is 18.2 Å². The first-order valence-electron chi connectivity index (χ1n) is 6.07. The number of aliphatic imine (C=N–C) groups is 1. The van der Waals surface area contributed by atoms with E-state index in [9.17, 15) is 9.90 Å². The number of phenols is 1. The molecular weight excluding hydrogens is 238 g/mol. The summed E-state index contributed by atoms with van der Waals surface area (Å²) in [6.45, 7) is 1.78. The zero-order chi connectivity index (χ0) is 13.7. The highest BCUT2D eigenvalue weighted by Gasteiger charge is 2.07. The third kappa shape index (κ3) is 3.52. The van der Waals surface area contributed by atoms with Gasteiger partial charge in [0, 0.05) is 17.7 Å². The van der Waals surface area contributed by atoms with Crippen molar-refractivity contribution in [3.05, 3.63) is 60.2 Å². The minimum atomic E-state index is 0.0253. The highest BCUT2D eigenvalue weighted by molar-refractivity contribution is 6.09. The van der Waals surface area contributed by atoms with Crippen LogP contribution < -0.4 is 0 Å². The summed E-state index contributed by atoms with van der Waals surface area (Å²) >= 11 is 0. The van der Waals surface area contributed by atoms with Gasteiger partial charge in [0.2, 0.25) is 0 Å². The van der Waals surface area contributed by atoms with Crippen LogP contribution in [0.1, 0.15) is 23.7 Å². The average Bonchev–Trinajstić information content (AvgIpc) is 2.42. The number of benzene rings is 2. The summed E-state index contributed by atoms with van der Waals surface area (Å²) in [4.78, 5) is 16.3. The van der Waals surface area contributed by atoms with Crippen molar-refractivity contribution in [1.29, 1.82) is 0 Å². The molecule has 96 valence electrons. The van der Waals surface area contributed by atoms with Gasteiger partial charge in [0.1, 0.15) is 11.4 Å². The number of carbonyl (C=O) groups excluding carboxylic acids is 1. The van der Waals surface area contributed by atoms with Crippen LogP contribution in [0.15, 0.2) is 59.6 Å². The van der Waals surface area contributed by atoms with Crippen molar-refractivity contribution < 1.29 is 9.90 Å². The highest BCUT2D eigenvalue weighted by atomic mass is 16.3. The molecule has 0 radical (unpaired) electrons. The minimum absolute atomic E-state index is 0.0253. The maximum Gasteiger partial charge on any atom is 0.168 e. The molecule has 0 saturated carbocycles. The van der Waals surface area contributed by atoms with Gasteiger partial charge < -0.3 is 5.11 Å². The summed E-state index contributed by atoms with van der Waals surface area (Å²) in [6, 6.07) is 15.9. The molecule has 2 aromatic rings. The fourth-order valence-corrected chi connectivity index (χ4v) is 1.76. The lowest BCUT2D eigenvalue weighted by atomic mass is 10.1. The molecule has 0 aliphatic rings. The number of Topliss-reactive ketones (excluding diaryl/α,β-unsaturated/α-hetero) is 1. The number of aromatic hydroxyl groups is 1. The lowest BCUT2D eigenvalue weighted by molar-refractivity contribution is 0.100. The van der Waals surface area contributed by atoms with Crippen molar-refractivity contribution in [2.45, 2.75) is 13.3 Å². The Balaban J connectivity index is 2.12. The predicted molar refractivity (Wildman–Crippen MR) is 76.3 cm³/mol. The molecule has 1 N–H and O–H groups in total. The van der Waals surface area contributed by atoms with E-state index in [4.69, 9.17) is 0 Å². The molecule has 2 rings (SSSR count). The largest absolute Gasteiger partial charge is 0.506 e. The Morgan fingerprint density at radius 1 is 1.05 bits per heavy atom. The molecule has 2 aromatic carbocycles. The molecule has 0 bridgehead atoms. The second-order valence-electron chi connectivity index (χ2n) is 4.30. The monoisotopic (exact) mass is 253 g/mol. The maximum absolute atomic E-state index is 12.0. The number of rotatable bonds is 4. The molecule has 0 aliphatic heterocycles. The second-order valence-corrected chi connectivity index (χ2v) is 4.30. The lowest BCUT2D eigenvalue weighted by Crippen LogP contribution is -2.04. The average molecular weight is 253 g/mol. The van der Waals surface area contributed by atoms with E-state index in [0.29, 0.717) is 17.0 Å². The standard InChI is InChI=1S/C16H15NO2/c1-12(17-14-9-5-6-10-15(14)18)11-16(19)13-7-3-2-4-8-13/h2-10,18H,11H2,1H3. The van der Waals surface area contributed by atoms with E-state index in [-0.39, 0.29) is 18.0 Å². The van der Waals surface area contributed by atoms with Crippen LogP contribution in [0.3, 0.4) is 0 Å². The molecule has 0 aliphatic carbocycles. The first-order valence-corrected chi connectivity index (χ1v) is 6.07. The normalized spacial score (nSPS) is 11.3. The Hall–Kier alpha value is -2.42. The van der Waals surface area contributed by atoms with Gasteiger partial charge in [-0.2, -0.15) is 0 Å². The van der Waals surface area contributed by atoms with E-state index in [2.05, 4.69) is 4.99 Å². The van der Waals surface area contributed by atoms with E-state index >= 15 is 0 Å². The van der Waals surface area contributed by atoms with Gasteiger partial charge in [0.25, 0.3) is 0 Å². The van der Waals surface area contributed by atoms with Gasteiger partial charge >= 0.3 is 0 Å². The Bertz CT molecular complexity index is 603. The van der Waals surface area contributed by atoms with Crippen molar-refractivity contribution in [3.63, 3.8) is 0 Å². The predicted octanol–water partition coefficient (Wildman–Crippen LogP) is 3.76. The highest BCUT2D eigenvalue weighted by Crippen LogP contribution is 2.25. The number of para-hydroxylation sites is 2. The maximum atomic E-state index is 12.0. The lowest BCUT2D eigenvalue weighted by Gasteiger charge is -2.02. The first-order chi connectivity index (χ1) is 9.16. The molecule has 3 nitrogen and oxygen atoms in total. The van der Waals surface area contributed by atoms with Crippen molar-refractivity contribution in [2.24, 2.45) is 4.99 Å². The molecule has 0 atom stereocenters. The van der Waals surface area contributed by atoms with Crippen LogP contribution in [-0.4, -0.2) is 16.6 Å². The molecule has 0 saturated heterocycles. The molecule has 0 spiro atoms. The van der Waals surface area contributed by atoms with Gasteiger partial charge in [-0.25, -0.2) is 0 Å². The molecule has 0 heterocycles. The van der Waals surface area contributed by atoms with Crippen LogP contribution in [0, 0.1) is 0 Å². The number of hydrogen-bond donors (Lipinski definition) is 1. The molecule has 0 amide bonds. The third-order valence-electron chi connectivity index (χ3n) is 2.71. The number of hydrogen-bond acceptors (Lipinski definition) is 3. The first kappa shape index (κ1) is 13.0. The van der Waals surface area contributed by atoms with Gasteiger partial charge in [-0.05, 0) is 19.1 Å². The summed E-state index contributed by atoms with van der Waals surface area (Å²) in [6.07, 6.45) is 0.248. The molecule has 0 aromatic heterocycles. The third-order valence-corrected chi connectivity index (χ3v) is 2.71. The van der Waals surface area contributed by atoms with Gasteiger partial charge in [-0.15, -0.1) is 0 Å². The van der Waals surface area contributed by atoms with Gasteiger partial charge in [0.15, 0.2) is 5.78 Å². The van der Waals surface area contributed by atoms with Gasteiger partial charge in [-0.1, -0.05) is 42.5 Å². The Morgan fingerprint density at radius 3 is 2.37 bits per heavy atom. The SMILES string of the molecule is CC(CC(=O)c1ccccc1)=Nc1ccccc1O. The topological polar surface area (TPSA) is 49.7 Å². The van der Waals surface area contributed by atoms with Crippen molar-refractivity contribution in [3.8, 4) is 5.75 Å². The molecule has 0 fully saturated rings. The zero-order valence-electron chi connectivity index (χ0n) is 10.7. The number of ketones is 1. The van der Waals surface area contributed by atoms with E-state index in [1.54, 1.807) is 43.3 Å². The van der Waals surface area contributed by atoms with Crippen LogP contribution in [0.4, 0.5) is 5.69 Å². The van der Waals surface area contributed by atoms with Crippen LogP contribution >= 0.6 is 0 Å². The van der Waals surface area contributed by atoms with Gasteiger partial charge in [-0.3, -0.25) is 9.79 Å². The Morgan fingerprint density at radius 2 is 1.68 bits per heavy atom. The summed E-state index contributed by atoms with van der Waals surface area (Å²) < 4.78 is 0. The van der Waals surface area contributed by atoms with E-state index in [0.717, 1.165) is 0 Å². The van der Waals surface area contributed by atoms with E-state index in [1.165, 1.54) is 0 Å². The number of nitrogens with zero attached hydrogens (tertiary/aromatic N) is 1. The van der Waals surface area contributed by atoms with Crippen LogP contribution in [0.2, 0.25) is 0 Å². The van der Waals surface area contributed by atoms with E-state index < -0.39 is 0 Å². The summed E-state index contributed by atoms with van der Waals surface area (Å²) in [5.74, 6) is 0.145. The number of carbonyl (C=O) groups is 1. The fraction of sp³-hybridized carbons (Fsp3) is 0.125. The smallest absolute Gasteiger partial charge is 0.168 e. The van der Waals surface area contributed by atoms with Crippen LogP contribution in [-0.2, 0) is 0 Å². The molecule has 3 heteroatoms. The second kappa shape index (κ2) is 5.96. The van der Waals surface area contributed by atoms with Gasteiger partial charge in [0.05, 0.1) is 0 Å². The summed E-state index contributed by atoms with van der Waals surface area (Å²) in [5, 5.41) is 9.62. The fourth-order valence-electron chi connectivity index (χ4n) is 1.76. The molecular formula is C16H15NO2.